The van der Waals surface area contributed by atoms with Crippen LogP contribution in [0.3, 0.4) is 0 Å². The Balaban J connectivity index is 1.37. The number of benzene rings is 4. The molecule has 0 amide bonds. The molecular weight excluding hydrogens is 516 g/mol. The van der Waals surface area contributed by atoms with Gasteiger partial charge in [0.25, 0.3) is 0 Å². The second kappa shape index (κ2) is 9.28. The van der Waals surface area contributed by atoms with Crippen LogP contribution in [0.2, 0.25) is 0 Å². The van der Waals surface area contributed by atoms with Gasteiger partial charge in [-0.15, -0.1) is 0 Å². The number of hydrogen-bond acceptors (Lipinski definition) is 3. The topological polar surface area (TPSA) is 46.4 Å². The van der Waals surface area contributed by atoms with E-state index < -0.39 is 10.8 Å². The Bertz CT molecular complexity index is 1890. The summed E-state index contributed by atoms with van der Waals surface area (Å²) in [6.07, 6.45) is 3.65. The molecule has 0 fully saturated rings. The van der Waals surface area contributed by atoms with Gasteiger partial charge in [0.15, 0.2) is 11.5 Å². The number of anilines is 2. The van der Waals surface area contributed by atoms with Crippen molar-refractivity contribution in [2.75, 3.05) is 4.90 Å². The van der Waals surface area contributed by atoms with Gasteiger partial charge < -0.3 is 10.0 Å². The van der Waals surface area contributed by atoms with Gasteiger partial charge >= 0.3 is 0 Å². The lowest BCUT2D eigenvalue weighted by molar-refractivity contribution is -0.300. The molecule has 4 heteroatoms. The number of ketones is 1. The van der Waals surface area contributed by atoms with E-state index in [1.54, 1.807) is 0 Å². The fourth-order valence-electron chi connectivity index (χ4n) is 6.66. The SMILES string of the molecule is CC1(C)C(/C=C2\C(=O)C(/C=C3\N(c4ccccc4)c4ccccc4C3(C)C)=C2[O-])=[N+](c2ccccc2)c2ccccc21. The van der Waals surface area contributed by atoms with Gasteiger partial charge in [-0.2, -0.15) is 4.58 Å². The first-order valence-electron chi connectivity index (χ1n) is 14.4. The Hall–Kier alpha value is -4.96. The van der Waals surface area contributed by atoms with Gasteiger partial charge in [-0.1, -0.05) is 92.4 Å². The molecule has 0 saturated carbocycles. The van der Waals surface area contributed by atoms with E-state index in [1.807, 2.05) is 72.8 Å². The third-order valence-electron chi connectivity index (χ3n) is 8.97. The average molecular weight is 549 g/mol. The minimum Gasteiger partial charge on any atom is -0.871 e. The molecule has 7 rings (SSSR count). The van der Waals surface area contributed by atoms with Crippen molar-refractivity contribution >= 4 is 34.2 Å². The first kappa shape index (κ1) is 26.0. The molecule has 3 aliphatic rings. The zero-order valence-corrected chi connectivity index (χ0v) is 24.3. The highest BCUT2D eigenvalue weighted by Crippen LogP contribution is 2.52. The summed E-state index contributed by atoms with van der Waals surface area (Å²) < 4.78 is 2.17. The van der Waals surface area contributed by atoms with Crippen LogP contribution in [0, 0.1) is 0 Å². The molecule has 2 heterocycles. The number of para-hydroxylation sites is 4. The van der Waals surface area contributed by atoms with Gasteiger partial charge in [0.2, 0.25) is 11.4 Å². The number of Topliss-reactive ketones (excluding diaryl/α,β-unsaturated/α-hetero) is 1. The normalized spacial score (nSPS) is 20.3. The number of fused-ring (bicyclic) bond motifs is 2. The van der Waals surface area contributed by atoms with Crippen LogP contribution in [-0.2, 0) is 15.6 Å². The van der Waals surface area contributed by atoms with E-state index in [0.717, 1.165) is 45.3 Å². The van der Waals surface area contributed by atoms with Crippen molar-refractivity contribution in [3.8, 4) is 0 Å². The summed E-state index contributed by atoms with van der Waals surface area (Å²) >= 11 is 0. The van der Waals surface area contributed by atoms with E-state index in [0.29, 0.717) is 0 Å². The third-order valence-corrected chi connectivity index (χ3v) is 8.97. The van der Waals surface area contributed by atoms with Gasteiger partial charge in [0.1, 0.15) is 0 Å². The Kier molecular flexibility index (Phi) is 5.74. The molecule has 42 heavy (non-hydrogen) atoms. The molecule has 0 N–H and O–H groups in total. The highest BCUT2D eigenvalue weighted by molar-refractivity contribution is 6.25. The number of allylic oxidation sites excluding steroid dienone is 5. The molecule has 2 aliphatic heterocycles. The van der Waals surface area contributed by atoms with E-state index in [1.165, 1.54) is 0 Å². The zero-order chi connectivity index (χ0) is 29.2. The predicted octanol–water partition coefficient (Wildman–Crippen LogP) is 7.39. The van der Waals surface area contributed by atoms with Crippen molar-refractivity contribution in [1.29, 1.82) is 0 Å². The maximum Gasteiger partial charge on any atom is 0.215 e. The Morgan fingerprint density at radius 2 is 1.29 bits per heavy atom. The Morgan fingerprint density at radius 1 is 0.690 bits per heavy atom. The van der Waals surface area contributed by atoms with Crippen LogP contribution in [0.1, 0.15) is 38.8 Å². The molecule has 0 saturated heterocycles. The lowest BCUT2D eigenvalue weighted by Crippen LogP contribution is -2.34. The molecule has 4 aromatic carbocycles. The van der Waals surface area contributed by atoms with Crippen LogP contribution in [-0.4, -0.2) is 11.5 Å². The van der Waals surface area contributed by atoms with E-state index in [9.17, 15) is 9.90 Å². The van der Waals surface area contributed by atoms with E-state index in [-0.39, 0.29) is 22.7 Å². The average Bonchev–Trinajstić information content (AvgIpc) is 3.38. The van der Waals surface area contributed by atoms with Crippen LogP contribution in [0.4, 0.5) is 22.7 Å². The number of carbonyl (C=O) groups excluding carboxylic acids is 1. The smallest absolute Gasteiger partial charge is 0.215 e. The highest BCUT2D eigenvalue weighted by Gasteiger charge is 2.47. The second-order valence-electron chi connectivity index (χ2n) is 12.2. The van der Waals surface area contributed by atoms with Crippen LogP contribution in [0.15, 0.2) is 144 Å². The van der Waals surface area contributed by atoms with E-state index >= 15 is 0 Å². The summed E-state index contributed by atoms with van der Waals surface area (Å²) in [5.41, 5.74) is 7.96. The molecule has 0 unspecified atom stereocenters. The van der Waals surface area contributed by atoms with Crippen molar-refractivity contribution < 1.29 is 9.90 Å². The van der Waals surface area contributed by atoms with Crippen LogP contribution in [0.25, 0.3) is 0 Å². The quantitative estimate of drug-likeness (QED) is 0.197. The first-order valence-corrected chi connectivity index (χ1v) is 14.4. The van der Waals surface area contributed by atoms with Crippen molar-refractivity contribution in [3.63, 3.8) is 0 Å². The first-order chi connectivity index (χ1) is 20.2. The minimum atomic E-state index is -0.395. The molecule has 4 aromatic rings. The van der Waals surface area contributed by atoms with Crippen LogP contribution >= 0.6 is 0 Å². The number of rotatable bonds is 4. The fraction of sp³-hybridized carbons (Fsp3) is 0.158. The third kappa shape index (κ3) is 3.68. The largest absolute Gasteiger partial charge is 0.871 e. The lowest BCUT2D eigenvalue weighted by Gasteiger charge is -2.33. The summed E-state index contributed by atoms with van der Waals surface area (Å²) in [5.74, 6) is -0.418. The number of carbonyl (C=O) groups is 1. The highest BCUT2D eigenvalue weighted by atomic mass is 16.3. The van der Waals surface area contributed by atoms with Gasteiger partial charge in [0.05, 0.1) is 5.41 Å². The van der Waals surface area contributed by atoms with Crippen LogP contribution in [0.5, 0.6) is 0 Å². The lowest BCUT2D eigenvalue weighted by atomic mass is 9.77. The van der Waals surface area contributed by atoms with Crippen molar-refractivity contribution in [2.24, 2.45) is 0 Å². The van der Waals surface area contributed by atoms with Gasteiger partial charge in [-0.25, -0.2) is 0 Å². The molecule has 0 spiro atoms. The maximum absolute atomic E-state index is 13.8. The zero-order valence-electron chi connectivity index (χ0n) is 24.3. The molecule has 0 aromatic heterocycles. The Labute approximate surface area is 246 Å². The fourth-order valence-corrected chi connectivity index (χ4v) is 6.66. The van der Waals surface area contributed by atoms with Gasteiger partial charge in [0, 0.05) is 63.5 Å². The molecule has 0 bridgehead atoms. The second-order valence-corrected chi connectivity index (χ2v) is 12.2. The number of hydrogen-bond donors (Lipinski definition) is 0. The summed E-state index contributed by atoms with van der Waals surface area (Å²) in [5, 5.41) is 13.8. The molecule has 206 valence electrons. The van der Waals surface area contributed by atoms with Crippen LogP contribution < -0.4 is 14.6 Å². The summed E-state index contributed by atoms with van der Waals surface area (Å²) in [7, 11) is 0. The van der Waals surface area contributed by atoms with Crippen molar-refractivity contribution in [1.82, 2.24) is 4.58 Å². The predicted molar refractivity (Wildman–Crippen MR) is 169 cm³/mol. The van der Waals surface area contributed by atoms with Crippen molar-refractivity contribution in [3.05, 3.63) is 155 Å². The maximum atomic E-state index is 13.8. The minimum absolute atomic E-state index is 0.209. The van der Waals surface area contributed by atoms with E-state index in [2.05, 4.69) is 85.7 Å². The molecule has 4 nitrogen and oxygen atoms in total. The monoisotopic (exact) mass is 548 g/mol. The summed E-state index contributed by atoms with van der Waals surface area (Å²) in [6, 6.07) is 36.8. The van der Waals surface area contributed by atoms with E-state index in [4.69, 9.17) is 0 Å². The van der Waals surface area contributed by atoms with Crippen molar-refractivity contribution in [2.45, 2.75) is 38.5 Å². The molecule has 1 aliphatic carbocycles. The summed E-state index contributed by atoms with van der Waals surface area (Å²) in [4.78, 5) is 16.0. The molecular formula is C38H32N2O2. The van der Waals surface area contributed by atoms with Gasteiger partial charge in [-0.05, 0) is 43.7 Å². The standard InChI is InChI=1S/C38H32N2O2/c1-37(2)29-19-11-13-21-31(29)39(25-15-7-5-8-16-25)33(37)23-27-35(41)28(36(27)42)24-34-38(3,4)30-20-12-14-22-32(30)40(34)26-17-9-6-10-18-26/h5-24H,1-4H3. The number of nitrogens with zero attached hydrogens (tertiary/aromatic N) is 2. The Morgan fingerprint density at radius 3 is 1.98 bits per heavy atom. The molecule has 0 atom stereocenters. The van der Waals surface area contributed by atoms with Gasteiger partial charge in [-0.3, -0.25) is 4.79 Å². The molecule has 0 radical (unpaired) electrons. The summed E-state index contributed by atoms with van der Waals surface area (Å²) in [6.45, 7) is 8.60.